The Kier molecular flexibility index (Phi) is 4.18. The fourth-order valence-electron chi connectivity index (χ4n) is 3.62. The molecule has 0 aliphatic heterocycles. The topological polar surface area (TPSA) is 12.0 Å². The van der Waals surface area contributed by atoms with Gasteiger partial charge in [-0.3, -0.25) is 0 Å². The fraction of sp³-hybridized carbons (Fsp3) is 0.647. The lowest BCUT2D eigenvalue weighted by atomic mass is 10.0. The van der Waals surface area contributed by atoms with Gasteiger partial charge in [0, 0.05) is 17.3 Å². The molecule has 3 rings (SSSR count). The molecule has 104 valence electrons. The average Bonchev–Trinajstić information content (AvgIpc) is 3.05. The first kappa shape index (κ1) is 13.5. The number of nitrogens with one attached hydrogen (secondary N) is 1. The number of rotatable bonds is 4. The van der Waals surface area contributed by atoms with Crippen molar-refractivity contribution in [3.05, 3.63) is 34.9 Å². The number of aryl methyl sites for hydroxylation is 2. The van der Waals surface area contributed by atoms with Crippen LogP contribution in [0.4, 0.5) is 0 Å². The van der Waals surface area contributed by atoms with Crippen LogP contribution in [0.5, 0.6) is 0 Å². The van der Waals surface area contributed by atoms with Gasteiger partial charge in [-0.2, -0.15) is 11.8 Å². The third-order valence-electron chi connectivity index (χ3n) is 4.83. The van der Waals surface area contributed by atoms with E-state index in [1.54, 1.807) is 11.1 Å². The van der Waals surface area contributed by atoms with Crippen LogP contribution in [0.2, 0.25) is 0 Å². The monoisotopic (exact) mass is 275 g/mol. The van der Waals surface area contributed by atoms with E-state index in [1.807, 2.05) is 11.8 Å². The highest BCUT2D eigenvalue weighted by molar-refractivity contribution is 7.99. The van der Waals surface area contributed by atoms with Crippen LogP contribution in [-0.2, 0) is 12.8 Å². The predicted octanol–water partition coefficient (Wildman–Crippen LogP) is 4.11. The van der Waals surface area contributed by atoms with Crippen molar-refractivity contribution in [2.24, 2.45) is 0 Å². The maximum Gasteiger partial charge on any atom is 0.0294 e. The van der Waals surface area contributed by atoms with Crippen LogP contribution in [0, 0.1) is 0 Å². The summed E-state index contributed by atoms with van der Waals surface area (Å²) in [5.41, 5.74) is 4.66. The van der Waals surface area contributed by atoms with Crippen molar-refractivity contribution in [2.75, 3.05) is 6.26 Å². The smallest absolute Gasteiger partial charge is 0.0294 e. The molecule has 1 fully saturated rings. The number of thioether (sulfide) groups is 1. The van der Waals surface area contributed by atoms with Crippen LogP contribution in [-0.4, -0.2) is 17.5 Å². The zero-order valence-electron chi connectivity index (χ0n) is 12.1. The van der Waals surface area contributed by atoms with Crippen molar-refractivity contribution in [1.82, 2.24) is 5.32 Å². The maximum absolute atomic E-state index is 3.84. The van der Waals surface area contributed by atoms with Crippen LogP contribution < -0.4 is 5.32 Å². The van der Waals surface area contributed by atoms with Gasteiger partial charge in [0.2, 0.25) is 0 Å². The normalized spacial score (nSPS) is 27.5. The van der Waals surface area contributed by atoms with Crippen molar-refractivity contribution in [1.29, 1.82) is 0 Å². The molecule has 2 aliphatic rings. The molecule has 0 aromatic heterocycles. The van der Waals surface area contributed by atoms with Gasteiger partial charge >= 0.3 is 0 Å². The van der Waals surface area contributed by atoms with E-state index >= 15 is 0 Å². The molecule has 0 spiro atoms. The van der Waals surface area contributed by atoms with Gasteiger partial charge in [0.05, 0.1) is 0 Å². The Hall–Kier alpha value is -0.470. The van der Waals surface area contributed by atoms with Crippen molar-refractivity contribution in [3.8, 4) is 0 Å². The van der Waals surface area contributed by atoms with Gasteiger partial charge < -0.3 is 5.32 Å². The minimum Gasteiger partial charge on any atom is -0.307 e. The van der Waals surface area contributed by atoms with Crippen molar-refractivity contribution < 1.29 is 0 Å². The molecule has 1 nitrogen and oxygen atoms in total. The Balaban J connectivity index is 1.62. The van der Waals surface area contributed by atoms with E-state index in [1.165, 1.54) is 44.1 Å². The molecule has 1 aromatic carbocycles. The molecule has 0 heterocycles. The van der Waals surface area contributed by atoms with E-state index in [0.717, 1.165) is 11.3 Å². The SMILES string of the molecule is CSC1CCC(NC(C)c2ccc3c(c2)CCC3)C1. The molecule has 0 saturated heterocycles. The van der Waals surface area contributed by atoms with Crippen molar-refractivity contribution >= 4 is 11.8 Å². The van der Waals surface area contributed by atoms with Crippen LogP contribution in [0.3, 0.4) is 0 Å². The van der Waals surface area contributed by atoms with Crippen LogP contribution in [0.1, 0.15) is 55.3 Å². The van der Waals surface area contributed by atoms with Gasteiger partial charge in [-0.05, 0) is 68.4 Å². The van der Waals surface area contributed by atoms with Gasteiger partial charge in [0.1, 0.15) is 0 Å². The largest absolute Gasteiger partial charge is 0.307 e. The average molecular weight is 275 g/mol. The third kappa shape index (κ3) is 3.00. The van der Waals surface area contributed by atoms with Crippen molar-refractivity contribution in [2.45, 2.75) is 62.8 Å². The van der Waals surface area contributed by atoms with E-state index in [2.05, 4.69) is 36.7 Å². The Morgan fingerprint density at radius 2 is 2.05 bits per heavy atom. The summed E-state index contributed by atoms with van der Waals surface area (Å²) in [5.74, 6) is 0. The molecular weight excluding hydrogens is 250 g/mol. The van der Waals surface area contributed by atoms with Gasteiger partial charge in [-0.15, -0.1) is 0 Å². The molecule has 2 heteroatoms. The Morgan fingerprint density at radius 1 is 1.21 bits per heavy atom. The lowest BCUT2D eigenvalue weighted by Gasteiger charge is -2.20. The zero-order valence-corrected chi connectivity index (χ0v) is 12.9. The lowest BCUT2D eigenvalue weighted by Crippen LogP contribution is -2.29. The van der Waals surface area contributed by atoms with Crippen LogP contribution in [0.15, 0.2) is 18.2 Å². The summed E-state index contributed by atoms with van der Waals surface area (Å²) in [6.07, 6.45) is 10.2. The summed E-state index contributed by atoms with van der Waals surface area (Å²) >= 11 is 2.04. The summed E-state index contributed by atoms with van der Waals surface area (Å²) in [7, 11) is 0. The number of fused-ring (bicyclic) bond motifs is 1. The summed E-state index contributed by atoms with van der Waals surface area (Å²) < 4.78 is 0. The highest BCUT2D eigenvalue weighted by atomic mass is 32.2. The highest BCUT2D eigenvalue weighted by Crippen LogP contribution is 2.30. The molecule has 0 radical (unpaired) electrons. The first-order valence-corrected chi connectivity index (χ1v) is 8.95. The number of hydrogen-bond donors (Lipinski definition) is 1. The van der Waals surface area contributed by atoms with E-state index in [-0.39, 0.29) is 0 Å². The van der Waals surface area contributed by atoms with Gasteiger partial charge in [0.15, 0.2) is 0 Å². The molecule has 0 amide bonds. The second-order valence-corrected chi connectivity index (χ2v) is 7.28. The summed E-state index contributed by atoms with van der Waals surface area (Å²) in [6, 6.07) is 8.36. The molecule has 1 aromatic rings. The van der Waals surface area contributed by atoms with E-state index in [9.17, 15) is 0 Å². The Labute approximate surface area is 121 Å². The number of benzene rings is 1. The molecule has 3 unspecified atom stereocenters. The molecule has 1 saturated carbocycles. The lowest BCUT2D eigenvalue weighted by molar-refractivity contribution is 0.462. The summed E-state index contributed by atoms with van der Waals surface area (Å²) in [6.45, 7) is 2.32. The summed E-state index contributed by atoms with van der Waals surface area (Å²) in [4.78, 5) is 0. The fourth-order valence-corrected chi connectivity index (χ4v) is 4.41. The van der Waals surface area contributed by atoms with Gasteiger partial charge in [0.25, 0.3) is 0 Å². The van der Waals surface area contributed by atoms with Gasteiger partial charge in [-0.1, -0.05) is 18.2 Å². The Morgan fingerprint density at radius 3 is 2.84 bits per heavy atom. The molecule has 19 heavy (non-hydrogen) atoms. The van der Waals surface area contributed by atoms with E-state index in [0.29, 0.717) is 6.04 Å². The minimum atomic E-state index is 0.497. The maximum atomic E-state index is 3.84. The number of hydrogen-bond acceptors (Lipinski definition) is 2. The van der Waals surface area contributed by atoms with E-state index < -0.39 is 0 Å². The second kappa shape index (κ2) is 5.88. The highest BCUT2D eigenvalue weighted by Gasteiger charge is 2.25. The minimum absolute atomic E-state index is 0.497. The van der Waals surface area contributed by atoms with E-state index in [4.69, 9.17) is 0 Å². The molecule has 0 bridgehead atoms. The van der Waals surface area contributed by atoms with Crippen LogP contribution >= 0.6 is 11.8 Å². The first-order chi connectivity index (χ1) is 9.26. The second-order valence-electron chi connectivity index (χ2n) is 6.14. The molecule has 2 aliphatic carbocycles. The molecule has 1 N–H and O–H groups in total. The zero-order chi connectivity index (χ0) is 13.2. The Bertz CT molecular complexity index is 443. The van der Waals surface area contributed by atoms with Gasteiger partial charge in [-0.25, -0.2) is 0 Å². The quantitative estimate of drug-likeness (QED) is 0.887. The van der Waals surface area contributed by atoms with Crippen molar-refractivity contribution in [3.63, 3.8) is 0 Å². The molecule has 3 atom stereocenters. The third-order valence-corrected chi connectivity index (χ3v) is 5.92. The first-order valence-electron chi connectivity index (χ1n) is 7.67. The van der Waals surface area contributed by atoms with Crippen LogP contribution in [0.25, 0.3) is 0 Å². The standard InChI is InChI=1S/C17H25NS/c1-12(18-16-8-9-17(11-16)19-2)14-7-6-13-4-3-5-15(13)10-14/h6-7,10,12,16-18H,3-5,8-9,11H2,1-2H3. The summed E-state index contributed by atoms with van der Waals surface area (Å²) in [5, 5.41) is 4.72. The molecular formula is C17H25NS. The predicted molar refractivity (Wildman–Crippen MR) is 85.0 cm³/mol.